The average Bonchev–Trinajstić information content (AvgIpc) is 2.28. The van der Waals surface area contributed by atoms with Gasteiger partial charge in [0, 0.05) is 19.3 Å². The van der Waals surface area contributed by atoms with Crippen molar-refractivity contribution in [2.45, 2.75) is 26.1 Å². The van der Waals surface area contributed by atoms with E-state index in [2.05, 4.69) is 14.9 Å². The molecule has 1 fully saturated rings. The van der Waals surface area contributed by atoms with Crippen LogP contribution in [-0.4, -0.2) is 40.3 Å². The van der Waals surface area contributed by atoms with Crippen molar-refractivity contribution in [3.8, 4) is 0 Å². The molecule has 2 atom stereocenters. The largest absolute Gasteiger partial charge is 0.388 e. The molecule has 0 unspecified atom stereocenters. The molecule has 1 aliphatic rings. The van der Waals surface area contributed by atoms with Crippen LogP contribution >= 0.6 is 12.2 Å². The lowest BCUT2D eigenvalue weighted by Gasteiger charge is -2.35. The van der Waals surface area contributed by atoms with Crippen molar-refractivity contribution in [2.75, 3.05) is 18.0 Å². The standard InChI is InChI=1S/C11H16N4OS/c1-7-5-15(6-8(2)16-7)11-13-4-3-9(14-11)10(12)17/h3-4,7-8H,5-6H2,1-2H3,(H2,12,17)/t7-,8+. The van der Waals surface area contributed by atoms with E-state index in [0.29, 0.717) is 16.6 Å². The summed E-state index contributed by atoms with van der Waals surface area (Å²) in [4.78, 5) is 11.0. The number of thiocarbonyl (C=S) groups is 1. The minimum absolute atomic E-state index is 0.177. The van der Waals surface area contributed by atoms with Gasteiger partial charge in [-0.25, -0.2) is 9.97 Å². The zero-order valence-corrected chi connectivity index (χ0v) is 10.8. The van der Waals surface area contributed by atoms with Crippen molar-refractivity contribution in [3.05, 3.63) is 18.0 Å². The van der Waals surface area contributed by atoms with Crippen LogP contribution in [0.5, 0.6) is 0 Å². The van der Waals surface area contributed by atoms with Crippen LogP contribution in [0.3, 0.4) is 0 Å². The Kier molecular flexibility index (Phi) is 3.54. The van der Waals surface area contributed by atoms with Gasteiger partial charge < -0.3 is 15.4 Å². The molecule has 2 heterocycles. The summed E-state index contributed by atoms with van der Waals surface area (Å²) >= 11 is 4.91. The van der Waals surface area contributed by atoms with E-state index in [-0.39, 0.29) is 12.2 Å². The molecule has 0 radical (unpaired) electrons. The third-order valence-corrected chi connectivity index (χ3v) is 2.81. The second-order valence-corrected chi connectivity index (χ2v) is 4.71. The van der Waals surface area contributed by atoms with E-state index >= 15 is 0 Å². The Labute approximate surface area is 106 Å². The molecule has 0 bridgehead atoms. The molecule has 1 aromatic heterocycles. The summed E-state index contributed by atoms with van der Waals surface area (Å²) in [7, 11) is 0. The quantitative estimate of drug-likeness (QED) is 0.783. The van der Waals surface area contributed by atoms with Gasteiger partial charge in [-0.15, -0.1) is 0 Å². The zero-order chi connectivity index (χ0) is 12.4. The Morgan fingerprint density at radius 2 is 2.12 bits per heavy atom. The van der Waals surface area contributed by atoms with Gasteiger partial charge in [0.1, 0.15) is 10.7 Å². The van der Waals surface area contributed by atoms with E-state index in [1.165, 1.54) is 0 Å². The van der Waals surface area contributed by atoms with Gasteiger partial charge in [-0.05, 0) is 19.9 Å². The predicted molar refractivity (Wildman–Crippen MR) is 70.1 cm³/mol. The normalized spacial score (nSPS) is 24.7. The Bertz CT molecular complexity index is 416. The number of morpholine rings is 1. The van der Waals surface area contributed by atoms with E-state index in [1.807, 2.05) is 13.8 Å². The SMILES string of the molecule is C[C@@H]1CN(c2nccc(C(N)=S)n2)C[C@H](C)O1. The van der Waals surface area contributed by atoms with Gasteiger partial charge in [0.2, 0.25) is 5.95 Å². The second kappa shape index (κ2) is 4.93. The van der Waals surface area contributed by atoms with Crippen LogP contribution in [-0.2, 0) is 4.74 Å². The average molecular weight is 252 g/mol. The fourth-order valence-electron chi connectivity index (χ4n) is 1.98. The fraction of sp³-hybridized carbons (Fsp3) is 0.545. The van der Waals surface area contributed by atoms with Crippen molar-refractivity contribution in [1.29, 1.82) is 0 Å². The van der Waals surface area contributed by atoms with Gasteiger partial charge in [0.15, 0.2) is 0 Å². The monoisotopic (exact) mass is 252 g/mol. The predicted octanol–water partition coefficient (Wildman–Crippen LogP) is 0.724. The lowest BCUT2D eigenvalue weighted by atomic mass is 10.2. The van der Waals surface area contributed by atoms with E-state index in [9.17, 15) is 0 Å². The minimum atomic E-state index is 0.177. The summed E-state index contributed by atoms with van der Waals surface area (Å²) in [6, 6.07) is 1.72. The molecule has 1 aliphatic heterocycles. The topological polar surface area (TPSA) is 64.3 Å². The van der Waals surface area contributed by atoms with Gasteiger partial charge in [0.25, 0.3) is 0 Å². The molecule has 0 saturated carbocycles. The molecule has 0 spiro atoms. The van der Waals surface area contributed by atoms with Crippen LogP contribution < -0.4 is 10.6 Å². The maximum absolute atomic E-state index is 5.67. The van der Waals surface area contributed by atoms with Crippen LogP contribution in [0.25, 0.3) is 0 Å². The highest BCUT2D eigenvalue weighted by Gasteiger charge is 2.24. The Morgan fingerprint density at radius 1 is 1.47 bits per heavy atom. The summed E-state index contributed by atoms with van der Waals surface area (Å²) in [5.41, 5.74) is 6.17. The molecule has 0 amide bonds. The number of hydrogen-bond acceptors (Lipinski definition) is 5. The Hall–Kier alpha value is -1.27. The number of ether oxygens (including phenoxy) is 1. The molecular formula is C11H16N4OS. The van der Waals surface area contributed by atoms with E-state index in [0.717, 1.165) is 13.1 Å². The second-order valence-electron chi connectivity index (χ2n) is 4.27. The van der Waals surface area contributed by atoms with Gasteiger partial charge in [-0.1, -0.05) is 12.2 Å². The molecule has 2 rings (SSSR count). The summed E-state index contributed by atoms with van der Waals surface area (Å²) < 4.78 is 5.67. The molecule has 17 heavy (non-hydrogen) atoms. The lowest BCUT2D eigenvalue weighted by Crippen LogP contribution is -2.46. The van der Waals surface area contributed by atoms with Crippen LogP contribution in [0.2, 0.25) is 0 Å². The summed E-state index contributed by atoms with van der Waals surface area (Å²) in [5, 5.41) is 0. The molecule has 1 saturated heterocycles. The van der Waals surface area contributed by atoms with Crippen molar-refractivity contribution in [3.63, 3.8) is 0 Å². The van der Waals surface area contributed by atoms with E-state index in [1.54, 1.807) is 12.3 Å². The van der Waals surface area contributed by atoms with E-state index < -0.39 is 0 Å². The maximum atomic E-state index is 5.67. The zero-order valence-electron chi connectivity index (χ0n) is 9.96. The number of aromatic nitrogens is 2. The summed E-state index contributed by atoms with van der Waals surface area (Å²) in [6.07, 6.45) is 2.04. The first kappa shape index (κ1) is 12.2. The molecule has 0 aromatic carbocycles. The molecule has 92 valence electrons. The highest BCUT2D eigenvalue weighted by molar-refractivity contribution is 7.80. The number of anilines is 1. The number of nitrogens with two attached hydrogens (primary N) is 1. The number of hydrogen-bond donors (Lipinski definition) is 1. The Morgan fingerprint density at radius 3 is 2.71 bits per heavy atom. The van der Waals surface area contributed by atoms with Crippen molar-refractivity contribution in [2.24, 2.45) is 5.73 Å². The number of nitrogens with zero attached hydrogens (tertiary/aromatic N) is 3. The maximum Gasteiger partial charge on any atom is 0.226 e. The highest BCUT2D eigenvalue weighted by atomic mass is 32.1. The van der Waals surface area contributed by atoms with Gasteiger partial charge in [-0.2, -0.15) is 0 Å². The third kappa shape index (κ3) is 2.89. The smallest absolute Gasteiger partial charge is 0.226 e. The van der Waals surface area contributed by atoms with Crippen molar-refractivity contribution in [1.82, 2.24) is 9.97 Å². The lowest BCUT2D eigenvalue weighted by molar-refractivity contribution is -0.00572. The van der Waals surface area contributed by atoms with Crippen molar-refractivity contribution < 1.29 is 4.74 Å². The van der Waals surface area contributed by atoms with Gasteiger partial charge in [-0.3, -0.25) is 0 Å². The molecule has 2 N–H and O–H groups in total. The molecule has 0 aliphatic carbocycles. The third-order valence-electron chi connectivity index (χ3n) is 2.60. The van der Waals surface area contributed by atoms with Crippen LogP contribution in [0.1, 0.15) is 19.5 Å². The highest BCUT2D eigenvalue weighted by Crippen LogP contribution is 2.16. The summed E-state index contributed by atoms with van der Waals surface area (Å²) in [5.74, 6) is 0.664. The number of rotatable bonds is 2. The van der Waals surface area contributed by atoms with Crippen LogP contribution in [0.15, 0.2) is 12.3 Å². The van der Waals surface area contributed by atoms with Gasteiger partial charge >= 0.3 is 0 Å². The van der Waals surface area contributed by atoms with Crippen LogP contribution in [0, 0.1) is 0 Å². The fourth-order valence-corrected chi connectivity index (χ4v) is 2.09. The Balaban J connectivity index is 2.21. The van der Waals surface area contributed by atoms with E-state index in [4.69, 9.17) is 22.7 Å². The minimum Gasteiger partial charge on any atom is -0.388 e. The first-order chi connectivity index (χ1) is 8.06. The molecule has 6 heteroatoms. The summed E-state index contributed by atoms with van der Waals surface area (Å²) in [6.45, 7) is 5.65. The van der Waals surface area contributed by atoms with Crippen LogP contribution in [0.4, 0.5) is 5.95 Å². The van der Waals surface area contributed by atoms with Crippen molar-refractivity contribution >= 4 is 23.2 Å². The molecule has 1 aromatic rings. The first-order valence-corrected chi connectivity index (χ1v) is 6.00. The first-order valence-electron chi connectivity index (χ1n) is 5.59. The van der Waals surface area contributed by atoms with Gasteiger partial charge in [0.05, 0.1) is 12.2 Å². The molecule has 5 nitrogen and oxygen atoms in total. The molecular weight excluding hydrogens is 236 g/mol.